The molecule has 0 radical (unpaired) electrons. The molecule has 0 atom stereocenters. The first-order valence-electron chi connectivity index (χ1n) is 9.27. The van der Waals surface area contributed by atoms with Gasteiger partial charge in [0.2, 0.25) is 5.91 Å². The fourth-order valence-corrected chi connectivity index (χ4v) is 3.33. The van der Waals surface area contributed by atoms with Gasteiger partial charge in [-0.15, -0.1) is 0 Å². The first-order chi connectivity index (χ1) is 13.8. The SMILES string of the molecule is O=C(Nc1cccc(Cn2cccn2)c1)C(c1ccccc1)c1ccccc1. The van der Waals surface area contributed by atoms with Crippen molar-refractivity contribution in [1.82, 2.24) is 9.78 Å². The molecule has 0 fully saturated rings. The van der Waals surface area contributed by atoms with Crippen molar-refractivity contribution in [1.29, 1.82) is 0 Å². The zero-order valence-corrected chi connectivity index (χ0v) is 15.4. The summed E-state index contributed by atoms with van der Waals surface area (Å²) >= 11 is 0. The van der Waals surface area contributed by atoms with Crippen molar-refractivity contribution < 1.29 is 4.79 Å². The van der Waals surface area contributed by atoms with E-state index in [9.17, 15) is 4.79 Å². The third-order valence-corrected chi connectivity index (χ3v) is 4.63. The highest BCUT2D eigenvalue weighted by atomic mass is 16.1. The van der Waals surface area contributed by atoms with Crippen LogP contribution in [0.3, 0.4) is 0 Å². The lowest BCUT2D eigenvalue weighted by molar-refractivity contribution is -0.116. The Morgan fingerprint density at radius 3 is 2.14 bits per heavy atom. The van der Waals surface area contributed by atoms with Gasteiger partial charge >= 0.3 is 0 Å². The van der Waals surface area contributed by atoms with Gasteiger partial charge in [-0.1, -0.05) is 72.8 Å². The van der Waals surface area contributed by atoms with Gasteiger partial charge in [0, 0.05) is 18.1 Å². The molecule has 4 nitrogen and oxygen atoms in total. The van der Waals surface area contributed by atoms with Crippen molar-refractivity contribution in [2.75, 3.05) is 5.32 Å². The van der Waals surface area contributed by atoms with Crippen molar-refractivity contribution in [3.8, 4) is 0 Å². The van der Waals surface area contributed by atoms with Crippen LogP contribution in [-0.4, -0.2) is 15.7 Å². The topological polar surface area (TPSA) is 46.9 Å². The Labute approximate surface area is 164 Å². The van der Waals surface area contributed by atoms with E-state index in [1.807, 2.05) is 102 Å². The summed E-state index contributed by atoms with van der Waals surface area (Å²) in [5.74, 6) is -0.411. The molecule has 0 spiro atoms. The Balaban J connectivity index is 1.58. The highest BCUT2D eigenvalue weighted by molar-refractivity contribution is 5.98. The Morgan fingerprint density at radius 2 is 1.54 bits per heavy atom. The molecule has 1 N–H and O–H groups in total. The minimum absolute atomic E-state index is 0.0476. The van der Waals surface area contributed by atoms with Gasteiger partial charge in [0.15, 0.2) is 0 Å². The maximum Gasteiger partial charge on any atom is 0.236 e. The zero-order chi connectivity index (χ0) is 19.2. The maximum atomic E-state index is 13.2. The largest absolute Gasteiger partial charge is 0.325 e. The molecule has 28 heavy (non-hydrogen) atoms. The standard InChI is InChI=1S/C24H21N3O/c28-24(23(20-10-3-1-4-11-20)21-12-5-2-6-13-21)26-22-14-7-9-19(17-22)18-27-16-8-15-25-27/h1-17,23H,18H2,(H,26,28). The number of nitrogens with one attached hydrogen (secondary N) is 1. The summed E-state index contributed by atoms with van der Waals surface area (Å²) < 4.78 is 1.86. The van der Waals surface area contributed by atoms with Crippen LogP contribution in [-0.2, 0) is 11.3 Å². The molecule has 1 aromatic heterocycles. The Morgan fingerprint density at radius 1 is 0.857 bits per heavy atom. The van der Waals surface area contributed by atoms with E-state index in [1.165, 1.54) is 0 Å². The number of aromatic nitrogens is 2. The molecule has 4 heteroatoms. The number of carbonyl (C=O) groups excluding carboxylic acids is 1. The van der Waals surface area contributed by atoms with E-state index in [0.29, 0.717) is 6.54 Å². The van der Waals surface area contributed by atoms with Crippen LogP contribution < -0.4 is 5.32 Å². The smallest absolute Gasteiger partial charge is 0.236 e. The third kappa shape index (κ3) is 4.18. The van der Waals surface area contributed by atoms with E-state index < -0.39 is 0 Å². The summed E-state index contributed by atoms with van der Waals surface area (Å²) in [6.45, 7) is 0.664. The number of hydrogen-bond acceptors (Lipinski definition) is 2. The lowest BCUT2D eigenvalue weighted by Crippen LogP contribution is -2.22. The van der Waals surface area contributed by atoms with Crippen molar-refractivity contribution in [3.05, 3.63) is 120 Å². The van der Waals surface area contributed by atoms with E-state index >= 15 is 0 Å². The van der Waals surface area contributed by atoms with Crippen LogP contribution in [0.5, 0.6) is 0 Å². The number of hydrogen-bond donors (Lipinski definition) is 1. The normalized spacial score (nSPS) is 10.8. The summed E-state index contributed by atoms with van der Waals surface area (Å²) in [5.41, 5.74) is 3.81. The fraction of sp³-hybridized carbons (Fsp3) is 0.0833. The molecule has 0 bridgehead atoms. The summed E-state index contributed by atoms with van der Waals surface area (Å²) in [5, 5.41) is 7.33. The van der Waals surface area contributed by atoms with Gasteiger partial charge in [-0.05, 0) is 34.9 Å². The van der Waals surface area contributed by atoms with Gasteiger partial charge in [0.05, 0.1) is 12.5 Å². The number of carbonyl (C=O) groups is 1. The number of nitrogens with zero attached hydrogens (tertiary/aromatic N) is 2. The second kappa shape index (κ2) is 8.35. The van der Waals surface area contributed by atoms with Gasteiger partial charge < -0.3 is 5.32 Å². The summed E-state index contributed by atoms with van der Waals surface area (Å²) in [6.07, 6.45) is 3.68. The average molecular weight is 367 g/mol. The molecular formula is C24H21N3O. The Hall–Kier alpha value is -3.66. The molecule has 1 heterocycles. The summed E-state index contributed by atoms with van der Waals surface area (Å²) in [4.78, 5) is 13.2. The van der Waals surface area contributed by atoms with Crippen LogP contribution in [0.1, 0.15) is 22.6 Å². The monoisotopic (exact) mass is 367 g/mol. The third-order valence-electron chi connectivity index (χ3n) is 4.63. The number of benzene rings is 3. The number of anilines is 1. The van der Waals surface area contributed by atoms with Crippen LogP contribution in [0.2, 0.25) is 0 Å². The molecule has 0 unspecified atom stereocenters. The van der Waals surface area contributed by atoms with E-state index in [1.54, 1.807) is 6.20 Å². The van der Waals surface area contributed by atoms with Crippen molar-refractivity contribution in [3.63, 3.8) is 0 Å². The molecule has 0 aliphatic rings. The molecule has 138 valence electrons. The van der Waals surface area contributed by atoms with Crippen LogP contribution in [0.25, 0.3) is 0 Å². The molecule has 0 saturated heterocycles. The van der Waals surface area contributed by atoms with Crippen LogP contribution in [0, 0.1) is 0 Å². The van der Waals surface area contributed by atoms with E-state index in [2.05, 4.69) is 10.4 Å². The van der Waals surface area contributed by atoms with Crippen LogP contribution >= 0.6 is 0 Å². The average Bonchev–Trinajstić information content (AvgIpc) is 3.23. The zero-order valence-electron chi connectivity index (χ0n) is 15.4. The van der Waals surface area contributed by atoms with Gasteiger partial charge in [-0.2, -0.15) is 5.10 Å². The van der Waals surface area contributed by atoms with Crippen molar-refractivity contribution in [2.24, 2.45) is 0 Å². The van der Waals surface area contributed by atoms with E-state index in [-0.39, 0.29) is 11.8 Å². The Bertz CT molecular complexity index is 988. The highest BCUT2D eigenvalue weighted by Crippen LogP contribution is 2.26. The molecular weight excluding hydrogens is 346 g/mol. The summed E-state index contributed by atoms with van der Waals surface area (Å²) in [6, 6.07) is 29.5. The second-order valence-electron chi connectivity index (χ2n) is 6.65. The molecule has 1 amide bonds. The molecule has 3 aromatic carbocycles. The minimum atomic E-state index is -0.364. The maximum absolute atomic E-state index is 13.2. The van der Waals surface area contributed by atoms with E-state index in [0.717, 1.165) is 22.4 Å². The highest BCUT2D eigenvalue weighted by Gasteiger charge is 2.22. The molecule has 4 aromatic rings. The number of rotatable bonds is 6. The van der Waals surface area contributed by atoms with Gasteiger partial charge in [0.1, 0.15) is 0 Å². The fourth-order valence-electron chi connectivity index (χ4n) is 3.33. The van der Waals surface area contributed by atoms with Gasteiger partial charge in [-0.3, -0.25) is 9.48 Å². The quantitative estimate of drug-likeness (QED) is 0.537. The molecule has 0 saturated carbocycles. The van der Waals surface area contributed by atoms with Gasteiger partial charge in [-0.25, -0.2) is 0 Å². The van der Waals surface area contributed by atoms with Crippen molar-refractivity contribution >= 4 is 11.6 Å². The summed E-state index contributed by atoms with van der Waals surface area (Å²) in [7, 11) is 0. The van der Waals surface area contributed by atoms with Crippen molar-refractivity contribution in [2.45, 2.75) is 12.5 Å². The lowest BCUT2D eigenvalue weighted by atomic mass is 9.90. The Kier molecular flexibility index (Phi) is 5.29. The minimum Gasteiger partial charge on any atom is -0.325 e. The second-order valence-corrected chi connectivity index (χ2v) is 6.65. The molecule has 4 rings (SSSR count). The lowest BCUT2D eigenvalue weighted by Gasteiger charge is -2.18. The predicted octanol–water partition coefficient (Wildman–Crippen LogP) is 4.70. The first-order valence-corrected chi connectivity index (χ1v) is 9.27. The molecule has 0 aliphatic carbocycles. The van der Waals surface area contributed by atoms with Crippen LogP contribution in [0.4, 0.5) is 5.69 Å². The predicted molar refractivity (Wildman–Crippen MR) is 111 cm³/mol. The van der Waals surface area contributed by atoms with Gasteiger partial charge in [0.25, 0.3) is 0 Å². The first kappa shape index (κ1) is 17.7. The van der Waals surface area contributed by atoms with E-state index in [4.69, 9.17) is 0 Å². The van der Waals surface area contributed by atoms with Crippen LogP contribution in [0.15, 0.2) is 103 Å². The number of amides is 1. The molecule has 0 aliphatic heterocycles.